The van der Waals surface area contributed by atoms with Crippen LogP contribution in [0.4, 0.5) is 0 Å². The first-order valence-electron chi connectivity index (χ1n) is 4.49. The Bertz CT molecular complexity index is 117. The Morgan fingerprint density at radius 2 is 2.27 bits per heavy atom. The molecule has 0 aromatic heterocycles. The van der Waals surface area contributed by atoms with Gasteiger partial charge in [0.05, 0.1) is 6.61 Å². The van der Waals surface area contributed by atoms with Crippen LogP contribution in [-0.4, -0.2) is 19.8 Å². The van der Waals surface area contributed by atoms with Gasteiger partial charge >= 0.3 is 0 Å². The van der Waals surface area contributed by atoms with E-state index in [1.807, 2.05) is 0 Å². The van der Waals surface area contributed by atoms with Crippen LogP contribution in [0, 0.1) is 11.3 Å². The molecule has 1 heterocycles. The van der Waals surface area contributed by atoms with Crippen LogP contribution < -0.4 is 5.73 Å². The molecular weight excluding hydrogens is 138 g/mol. The maximum absolute atomic E-state index is 5.58. The molecule has 0 aromatic carbocycles. The Labute approximate surface area is 69.1 Å². The quantitative estimate of drug-likeness (QED) is 0.672. The monoisotopic (exact) mass is 157 g/mol. The summed E-state index contributed by atoms with van der Waals surface area (Å²) in [7, 11) is 0. The summed E-state index contributed by atoms with van der Waals surface area (Å²) in [6.07, 6.45) is 2.31. The molecule has 11 heavy (non-hydrogen) atoms. The fourth-order valence-electron chi connectivity index (χ4n) is 1.85. The molecule has 2 nitrogen and oxygen atoms in total. The second kappa shape index (κ2) is 3.55. The Morgan fingerprint density at radius 1 is 1.55 bits per heavy atom. The maximum atomic E-state index is 5.58. The van der Waals surface area contributed by atoms with E-state index in [9.17, 15) is 0 Å². The lowest BCUT2D eigenvalue weighted by Crippen LogP contribution is -2.30. The molecule has 2 heteroatoms. The van der Waals surface area contributed by atoms with Gasteiger partial charge in [0, 0.05) is 6.61 Å². The summed E-state index contributed by atoms with van der Waals surface area (Å²) in [5, 5.41) is 0. The highest BCUT2D eigenvalue weighted by molar-refractivity contribution is 4.86. The van der Waals surface area contributed by atoms with Crippen molar-refractivity contribution < 1.29 is 4.74 Å². The molecule has 0 saturated carbocycles. The third-order valence-electron chi connectivity index (χ3n) is 3.00. The van der Waals surface area contributed by atoms with Gasteiger partial charge in [0.1, 0.15) is 0 Å². The molecular formula is C9H19NO. The summed E-state index contributed by atoms with van der Waals surface area (Å²) in [4.78, 5) is 0. The first-order chi connectivity index (χ1) is 5.21. The standard InChI is InChI=1S/C9H19NO/c1-8(2)9(3-5-10)4-6-11-7-9/h8H,3-7,10H2,1-2H3. The van der Waals surface area contributed by atoms with Crippen LogP contribution in [0.25, 0.3) is 0 Å². The Kier molecular flexibility index (Phi) is 2.90. The van der Waals surface area contributed by atoms with Gasteiger partial charge in [0.25, 0.3) is 0 Å². The van der Waals surface area contributed by atoms with E-state index < -0.39 is 0 Å². The van der Waals surface area contributed by atoms with Crippen molar-refractivity contribution in [1.29, 1.82) is 0 Å². The van der Waals surface area contributed by atoms with E-state index >= 15 is 0 Å². The van der Waals surface area contributed by atoms with Crippen LogP contribution in [0.2, 0.25) is 0 Å². The van der Waals surface area contributed by atoms with E-state index in [1.165, 1.54) is 6.42 Å². The van der Waals surface area contributed by atoms with Gasteiger partial charge in [0.2, 0.25) is 0 Å². The molecule has 1 saturated heterocycles. The number of nitrogens with two attached hydrogens (primary N) is 1. The summed E-state index contributed by atoms with van der Waals surface area (Å²) in [6.45, 7) is 7.18. The molecule has 0 radical (unpaired) electrons. The van der Waals surface area contributed by atoms with Crippen molar-refractivity contribution in [2.45, 2.75) is 26.7 Å². The summed E-state index contributed by atoms with van der Waals surface area (Å²) in [5.41, 5.74) is 5.97. The summed E-state index contributed by atoms with van der Waals surface area (Å²) >= 11 is 0. The fourth-order valence-corrected chi connectivity index (χ4v) is 1.85. The third-order valence-corrected chi connectivity index (χ3v) is 3.00. The zero-order valence-electron chi connectivity index (χ0n) is 7.60. The number of hydrogen-bond acceptors (Lipinski definition) is 2. The van der Waals surface area contributed by atoms with Gasteiger partial charge in [-0.05, 0) is 30.7 Å². The Balaban J connectivity index is 2.55. The lowest BCUT2D eigenvalue weighted by Gasteiger charge is -2.31. The third kappa shape index (κ3) is 1.74. The van der Waals surface area contributed by atoms with Crippen molar-refractivity contribution in [3.8, 4) is 0 Å². The zero-order valence-corrected chi connectivity index (χ0v) is 7.60. The molecule has 66 valence electrons. The van der Waals surface area contributed by atoms with Crippen molar-refractivity contribution in [2.75, 3.05) is 19.8 Å². The normalized spacial score (nSPS) is 31.6. The van der Waals surface area contributed by atoms with Crippen molar-refractivity contribution in [3.63, 3.8) is 0 Å². The van der Waals surface area contributed by atoms with Gasteiger partial charge in [0.15, 0.2) is 0 Å². The van der Waals surface area contributed by atoms with Gasteiger partial charge in [-0.2, -0.15) is 0 Å². The highest BCUT2D eigenvalue weighted by Gasteiger charge is 2.36. The van der Waals surface area contributed by atoms with Crippen LogP contribution in [0.3, 0.4) is 0 Å². The second-order valence-electron chi connectivity index (χ2n) is 3.86. The van der Waals surface area contributed by atoms with Gasteiger partial charge in [-0.15, -0.1) is 0 Å². The Hall–Kier alpha value is -0.0800. The molecule has 1 unspecified atom stereocenters. The molecule has 2 N–H and O–H groups in total. The average molecular weight is 157 g/mol. The molecule has 0 amide bonds. The van der Waals surface area contributed by atoms with Gasteiger partial charge in [-0.3, -0.25) is 0 Å². The molecule has 0 spiro atoms. The van der Waals surface area contributed by atoms with E-state index in [-0.39, 0.29) is 0 Å². The molecule has 1 atom stereocenters. The highest BCUT2D eigenvalue weighted by atomic mass is 16.5. The summed E-state index contributed by atoms with van der Waals surface area (Å²) in [5.74, 6) is 0.702. The van der Waals surface area contributed by atoms with E-state index in [0.717, 1.165) is 26.2 Å². The Morgan fingerprint density at radius 3 is 2.64 bits per heavy atom. The van der Waals surface area contributed by atoms with Crippen LogP contribution >= 0.6 is 0 Å². The molecule has 1 rings (SSSR count). The number of hydrogen-bond donors (Lipinski definition) is 1. The summed E-state index contributed by atoms with van der Waals surface area (Å²) in [6, 6.07) is 0. The zero-order chi connectivity index (χ0) is 8.32. The van der Waals surface area contributed by atoms with Crippen LogP contribution in [0.1, 0.15) is 26.7 Å². The molecule has 1 aliphatic heterocycles. The second-order valence-corrected chi connectivity index (χ2v) is 3.86. The topological polar surface area (TPSA) is 35.2 Å². The number of rotatable bonds is 3. The minimum atomic E-state index is 0.398. The molecule has 0 aromatic rings. The van der Waals surface area contributed by atoms with Crippen LogP contribution in [0.15, 0.2) is 0 Å². The number of ether oxygens (including phenoxy) is 1. The summed E-state index contributed by atoms with van der Waals surface area (Å²) < 4.78 is 5.42. The smallest absolute Gasteiger partial charge is 0.0526 e. The van der Waals surface area contributed by atoms with Crippen LogP contribution in [0.5, 0.6) is 0 Å². The lowest BCUT2D eigenvalue weighted by atomic mass is 9.74. The SMILES string of the molecule is CC(C)C1(CCN)CCOC1. The predicted molar refractivity (Wildman–Crippen MR) is 46.4 cm³/mol. The first kappa shape index (κ1) is 9.01. The van der Waals surface area contributed by atoms with Gasteiger partial charge in [-0.1, -0.05) is 13.8 Å². The van der Waals surface area contributed by atoms with Crippen molar-refractivity contribution in [1.82, 2.24) is 0 Å². The van der Waals surface area contributed by atoms with Crippen molar-refractivity contribution in [2.24, 2.45) is 17.1 Å². The van der Waals surface area contributed by atoms with Crippen molar-refractivity contribution >= 4 is 0 Å². The van der Waals surface area contributed by atoms with Gasteiger partial charge in [-0.25, -0.2) is 0 Å². The highest BCUT2D eigenvalue weighted by Crippen LogP contribution is 2.39. The van der Waals surface area contributed by atoms with Crippen LogP contribution in [-0.2, 0) is 4.74 Å². The first-order valence-corrected chi connectivity index (χ1v) is 4.49. The molecule has 0 bridgehead atoms. The minimum absolute atomic E-state index is 0.398. The predicted octanol–water partition coefficient (Wildman–Crippen LogP) is 1.40. The molecule has 1 aliphatic rings. The maximum Gasteiger partial charge on any atom is 0.0526 e. The van der Waals surface area contributed by atoms with Gasteiger partial charge < -0.3 is 10.5 Å². The lowest BCUT2D eigenvalue weighted by molar-refractivity contribution is 0.114. The van der Waals surface area contributed by atoms with E-state index in [4.69, 9.17) is 10.5 Å². The average Bonchev–Trinajstić information content (AvgIpc) is 2.38. The van der Waals surface area contributed by atoms with E-state index in [0.29, 0.717) is 11.3 Å². The minimum Gasteiger partial charge on any atom is -0.381 e. The van der Waals surface area contributed by atoms with E-state index in [2.05, 4.69) is 13.8 Å². The molecule has 0 aliphatic carbocycles. The fraction of sp³-hybridized carbons (Fsp3) is 1.00. The van der Waals surface area contributed by atoms with Crippen molar-refractivity contribution in [3.05, 3.63) is 0 Å². The largest absolute Gasteiger partial charge is 0.381 e. The molecule has 1 fully saturated rings. The van der Waals surface area contributed by atoms with E-state index in [1.54, 1.807) is 0 Å².